The maximum Gasteiger partial charge on any atom is 0.0426 e. The molecule has 0 saturated carbocycles. The zero-order valence-corrected chi connectivity index (χ0v) is 11.4. The zero-order valence-electron chi connectivity index (χ0n) is 10.6. The molecule has 94 valence electrons. The van der Waals surface area contributed by atoms with Gasteiger partial charge in [0.15, 0.2) is 0 Å². The lowest BCUT2D eigenvalue weighted by Gasteiger charge is -2.37. The van der Waals surface area contributed by atoms with Crippen molar-refractivity contribution >= 4 is 17.3 Å². The molecular formula is C14H21ClN2. The minimum Gasteiger partial charge on any atom is -0.371 e. The Labute approximate surface area is 109 Å². The maximum absolute atomic E-state index is 6.10. The standard InChI is InChI=1S/C14H21ClN2/c1-10-5-11(2)9-17(8-10)14-6-13(15)4-3-12(14)7-16/h3-4,6,10-11H,5,7-9,16H2,1-2H3. The van der Waals surface area contributed by atoms with Gasteiger partial charge in [0, 0.05) is 30.3 Å². The van der Waals surface area contributed by atoms with Crippen molar-refractivity contribution in [2.75, 3.05) is 18.0 Å². The van der Waals surface area contributed by atoms with Gasteiger partial charge in [0.1, 0.15) is 0 Å². The SMILES string of the molecule is CC1CC(C)CN(c2cc(Cl)ccc2CN)C1. The Kier molecular flexibility index (Phi) is 3.95. The molecule has 0 bridgehead atoms. The second-order valence-electron chi connectivity index (χ2n) is 5.33. The molecule has 1 fully saturated rings. The molecule has 0 amide bonds. The Balaban J connectivity index is 2.28. The minimum absolute atomic E-state index is 0.575. The molecule has 0 aliphatic carbocycles. The van der Waals surface area contributed by atoms with Crippen LogP contribution in [0.25, 0.3) is 0 Å². The summed E-state index contributed by atoms with van der Waals surface area (Å²) in [6.45, 7) is 7.42. The molecule has 1 aromatic carbocycles. The molecule has 2 unspecified atom stereocenters. The number of nitrogens with zero attached hydrogens (tertiary/aromatic N) is 1. The van der Waals surface area contributed by atoms with Crippen LogP contribution < -0.4 is 10.6 Å². The molecule has 2 nitrogen and oxygen atoms in total. The number of nitrogens with two attached hydrogens (primary N) is 1. The van der Waals surface area contributed by atoms with E-state index < -0.39 is 0 Å². The van der Waals surface area contributed by atoms with Crippen molar-refractivity contribution in [2.45, 2.75) is 26.8 Å². The lowest BCUT2D eigenvalue weighted by molar-refractivity contribution is 0.356. The predicted molar refractivity (Wildman–Crippen MR) is 74.5 cm³/mol. The summed E-state index contributed by atoms with van der Waals surface area (Å²) in [5.74, 6) is 1.48. The van der Waals surface area contributed by atoms with Crippen LogP contribution in [0.5, 0.6) is 0 Å². The van der Waals surface area contributed by atoms with E-state index in [1.165, 1.54) is 17.7 Å². The summed E-state index contributed by atoms with van der Waals surface area (Å²) in [5.41, 5.74) is 8.22. The molecule has 1 aliphatic rings. The Morgan fingerprint density at radius 1 is 1.29 bits per heavy atom. The van der Waals surface area contributed by atoms with Crippen LogP contribution in [0.3, 0.4) is 0 Å². The van der Waals surface area contributed by atoms with Gasteiger partial charge in [-0.05, 0) is 36.0 Å². The molecule has 1 aliphatic heterocycles. The summed E-state index contributed by atoms with van der Waals surface area (Å²) in [5, 5.41) is 0.795. The van der Waals surface area contributed by atoms with Crippen molar-refractivity contribution in [1.29, 1.82) is 0 Å². The van der Waals surface area contributed by atoms with Crippen LogP contribution in [-0.2, 0) is 6.54 Å². The first kappa shape index (κ1) is 12.7. The van der Waals surface area contributed by atoms with Gasteiger partial charge in [-0.2, -0.15) is 0 Å². The van der Waals surface area contributed by atoms with Gasteiger partial charge in [-0.3, -0.25) is 0 Å². The highest BCUT2D eigenvalue weighted by molar-refractivity contribution is 6.30. The molecule has 1 saturated heterocycles. The van der Waals surface area contributed by atoms with Gasteiger partial charge in [-0.1, -0.05) is 31.5 Å². The third-order valence-electron chi connectivity index (χ3n) is 3.48. The highest BCUT2D eigenvalue weighted by atomic mass is 35.5. The van der Waals surface area contributed by atoms with Crippen molar-refractivity contribution in [3.8, 4) is 0 Å². The first-order valence-electron chi connectivity index (χ1n) is 6.33. The molecule has 1 aromatic rings. The number of benzene rings is 1. The summed E-state index contributed by atoms with van der Waals surface area (Å²) in [7, 11) is 0. The van der Waals surface area contributed by atoms with E-state index in [1.54, 1.807) is 0 Å². The average molecular weight is 253 g/mol. The number of piperidine rings is 1. The maximum atomic E-state index is 6.10. The molecule has 1 heterocycles. The third-order valence-corrected chi connectivity index (χ3v) is 3.71. The van der Waals surface area contributed by atoms with Crippen LogP contribution >= 0.6 is 11.6 Å². The van der Waals surface area contributed by atoms with Crippen molar-refractivity contribution in [2.24, 2.45) is 17.6 Å². The molecule has 0 spiro atoms. The van der Waals surface area contributed by atoms with Gasteiger partial charge >= 0.3 is 0 Å². The molecular weight excluding hydrogens is 232 g/mol. The van der Waals surface area contributed by atoms with Gasteiger partial charge in [-0.15, -0.1) is 0 Å². The zero-order chi connectivity index (χ0) is 12.4. The third kappa shape index (κ3) is 2.93. The van der Waals surface area contributed by atoms with E-state index in [4.69, 9.17) is 17.3 Å². The molecule has 3 heteroatoms. The van der Waals surface area contributed by atoms with Gasteiger partial charge in [0.25, 0.3) is 0 Å². The van der Waals surface area contributed by atoms with Crippen LogP contribution in [0, 0.1) is 11.8 Å². The summed E-state index contributed by atoms with van der Waals surface area (Å²) in [6.07, 6.45) is 1.31. The van der Waals surface area contributed by atoms with Crippen molar-refractivity contribution in [1.82, 2.24) is 0 Å². The fourth-order valence-corrected chi connectivity index (χ4v) is 3.03. The number of anilines is 1. The summed E-state index contributed by atoms with van der Waals surface area (Å²) >= 11 is 6.10. The minimum atomic E-state index is 0.575. The Morgan fingerprint density at radius 3 is 2.53 bits per heavy atom. The predicted octanol–water partition coefficient (Wildman–Crippen LogP) is 3.28. The number of rotatable bonds is 2. The Bertz CT molecular complexity index is 382. The number of hydrogen-bond donors (Lipinski definition) is 1. The second kappa shape index (κ2) is 5.28. The molecule has 2 atom stereocenters. The van der Waals surface area contributed by atoms with Gasteiger partial charge in [0.2, 0.25) is 0 Å². The highest BCUT2D eigenvalue weighted by Gasteiger charge is 2.23. The fourth-order valence-electron chi connectivity index (χ4n) is 2.86. The topological polar surface area (TPSA) is 29.3 Å². The van der Waals surface area contributed by atoms with E-state index >= 15 is 0 Å². The fraction of sp³-hybridized carbons (Fsp3) is 0.571. The van der Waals surface area contributed by atoms with E-state index in [2.05, 4.69) is 24.8 Å². The lowest BCUT2D eigenvalue weighted by Crippen LogP contribution is -2.39. The Morgan fingerprint density at radius 2 is 1.94 bits per heavy atom. The van der Waals surface area contributed by atoms with Crippen molar-refractivity contribution in [3.05, 3.63) is 28.8 Å². The van der Waals surface area contributed by atoms with Crippen LogP contribution in [0.2, 0.25) is 5.02 Å². The molecule has 2 N–H and O–H groups in total. The van der Waals surface area contributed by atoms with E-state index in [9.17, 15) is 0 Å². The number of hydrogen-bond acceptors (Lipinski definition) is 2. The summed E-state index contributed by atoms with van der Waals surface area (Å²) in [6, 6.07) is 6.01. The quantitative estimate of drug-likeness (QED) is 0.875. The van der Waals surface area contributed by atoms with E-state index in [0.717, 1.165) is 29.9 Å². The molecule has 17 heavy (non-hydrogen) atoms. The highest BCUT2D eigenvalue weighted by Crippen LogP contribution is 2.30. The number of halogens is 1. The first-order chi connectivity index (χ1) is 8.10. The lowest BCUT2D eigenvalue weighted by atomic mass is 9.91. The monoisotopic (exact) mass is 252 g/mol. The second-order valence-corrected chi connectivity index (χ2v) is 5.76. The summed E-state index contributed by atoms with van der Waals surface area (Å²) < 4.78 is 0. The van der Waals surface area contributed by atoms with Gasteiger partial charge in [-0.25, -0.2) is 0 Å². The normalized spacial score (nSPS) is 25.1. The smallest absolute Gasteiger partial charge is 0.0426 e. The van der Waals surface area contributed by atoms with Crippen LogP contribution in [0.1, 0.15) is 25.8 Å². The van der Waals surface area contributed by atoms with E-state index in [1.807, 2.05) is 12.1 Å². The van der Waals surface area contributed by atoms with Crippen LogP contribution in [0.15, 0.2) is 18.2 Å². The molecule has 0 aromatic heterocycles. The first-order valence-corrected chi connectivity index (χ1v) is 6.71. The van der Waals surface area contributed by atoms with Gasteiger partial charge < -0.3 is 10.6 Å². The van der Waals surface area contributed by atoms with E-state index in [0.29, 0.717) is 6.54 Å². The van der Waals surface area contributed by atoms with E-state index in [-0.39, 0.29) is 0 Å². The molecule has 2 rings (SSSR count). The Hall–Kier alpha value is -0.730. The summed E-state index contributed by atoms with van der Waals surface area (Å²) in [4.78, 5) is 2.44. The average Bonchev–Trinajstić information content (AvgIpc) is 2.27. The van der Waals surface area contributed by atoms with Crippen molar-refractivity contribution < 1.29 is 0 Å². The largest absolute Gasteiger partial charge is 0.371 e. The van der Waals surface area contributed by atoms with Crippen LogP contribution in [0.4, 0.5) is 5.69 Å². The van der Waals surface area contributed by atoms with Gasteiger partial charge in [0.05, 0.1) is 0 Å². The van der Waals surface area contributed by atoms with Crippen LogP contribution in [-0.4, -0.2) is 13.1 Å². The molecule has 0 radical (unpaired) electrons. The van der Waals surface area contributed by atoms with Crippen molar-refractivity contribution in [3.63, 3.8) is 0 Å².